The molecule has 0 aliphatic carbocycles. The summed E-state index contributed by atoms with van der Waals surface area (Å²) >= 11 is 0. The van der Waals surface area contributed by atoms with Gasteiger partial charge in [-0.05, 0) is 30.7 Å². The number of hydrogen-bond acceptors (Lipinski definition) is 2. The first kappa shape index (κ1) is 15.9. The summed E-state index contributed by atoms with van der Waals surface area (Å²) in [4.78, 5) is 11.7. The molecule has 0 unspecified atom stereocenters. The van der Waals surface area contributed by atoms with E-state index in [1.165, 1.54) is 30.3 Å². The zero-order chi connectivity index (χ0) is 16.1. The number of rotatable bonds is 4. The molecule has 0 heterocycles. The van der Waals surface area contributed by atoms with Crippen LogP contribution in [0.2, 0.25) is 0 Å². The maximum Gasteiger partial charge on any atom is 0.319 e. The van der Waals surface area contributed by atoms with Gasteiger partial charge in [0.1, 0.15) is 11.6 Å². The van der Waals surface area contributed by atoms with E-state index in [0.29, 0.717) is 0 Å². The van der Waals surface area contributed by atoms with Crippen LogP contribution in [-0.4, -0.2) is 17.7 Å². The molecule has 0 aliphatic rings. The van der Waals surface area contributed by atoms with Crippen LogP contribution in [0, 0.1) is 18.6 Å². The third-order valence-electron chi connectivity index (χ3n) is 3.09. The molecule has 2 aromatic carbocycles. The van der Waals surface area contributed by atoms with Gasteiger partial charge in [-0.2, -0.15) is 0 Å². The molecule has 3 N–H and O–H groups in total. The number of nitrogens with one attached hydrogen (secondary N) is 2. The molecule has 0 aromatic heterocycles. The van der Waals surface area contributed by atoms with Crippen molar-refractivity contribution in [2.24, 2.45) is 0 Å². The number of aliphatic hydroxyl groups excluding tert-OH is 1. The molecule has 2 amide bonds. The van der Waals surface area contributed by atoms with Crippen LogP contribution in [0.5, 0.6) is 0 Å². The second-order valence-corrected chi connectivity index (χ2v) is 4.86. The van der Waals surface area contributed by atoms with Gasteiger partial charge >= 0.3 is 6.03 Å². The Morgan fingerprint density at radius 2 is 1.91 bits per heavy atom. The number of anilines is 1. The van der Waals surface area contributed by atoms with E-state index in [1.807, 2.05) is 0 Å². The summed E-state index contributed by atoms with van der Waals surface area (Å²) in [5.41, 5.74) is 0.853. The Morgan fingerprint density at radius 3 is 2.59 bits per heavy atom. The minimum atomic E-state index is -1.19. The topological polar surface area (TPSA) is 61.4 Å². The van der Waals surface area contributed by atoms with Crippen LogP contribution in [-0.2, 0) is 0 Å². The van der Waals surface area contributed by atoms with Crippen LogP contribution < -0.4 is 10.6 Å². The first-order valence-corrected chi connectivity index (χ1v) is 6.71. The van der Waals surface area contributed by atoms with Crippen molar-refractivity contribution in [3.63, 3.8) is 0 Å². The number of carbonyl (C=O) groups excluding carboxylic acids is 1. The van der Waals surface area contributed by atoms with Gasteiger partial charge < -0.3 is 15.7 Å². The third kappa shape index (κ3) is 4.02. The molecule has 116 valence electrons. The monoisotopic (exact) mass is 306 g/mol. The molecule has 2 rings (SSSR count). The van der Waals surface area contributed by atoms with Crippen LogP contribution >= 0.6 is 0 Å². The summed E-state index contributed by atoms with van der Waals surface area (Å²) in [6.45, 7) is 1.54. The van der Waals surface area contributed by atoms with Gasteiger partial charge in [0, 0.05) is 12.1 Å². The molecule has 0 aliphatic heterocycles. The van der Waals surface area contributed by atoms with Crippen molar-refractivity contribution in [3.05, 3.63) is 65.2 Å². The Hall–Kier alpha value is -2.47. The predicted octanol–water partition coefficient (Wildman–Crippen LogP) is 3.13. The quantitative estimate of drug-likeness (QED) is 0.812. The van der Waals surface area contributed by atoms with Gasteiger partial charge in [-0.3, -0.25) is 0 Å². The van der Waals surface area contributed by atoms with E-state index in [1.54, 1.807) is 19.1 Å². The fraction of sp³-hybridized carbons (Fsp3) is 0.188. The molecule has 2 aromatic rings. The van der Waals surface area contributed by atoms with Gasteiger partial charge in [0.05, 0.1) is 11.8 Å². The lowest BCUT2D eigenvalue weighted by Gasteiger charge is -2.14. The molecule has 0 spiro atoms. The second kappa shape index (κ2) is 7.00. The minimum Gasteiger partial charge on any atom is -0.386 e. The normalized spacial score (nSPS) is 11.8. The zero-order valence-corrected chi connectivity index (χ0v) is 11.9. The van der Waals surface area contributed by atoms with E-state index in [0.717, 1.165) is 5.56 Å². The van der Waals surface area contributed by atoms with Gasteiger partial charge in [-0.1, -0.05) is 24.3 Å². The van der Waals surface area contributed by atoms with Gasteiger partial charge in [0.2, 0.25) is 0 Å². The maximum absolute atomic E-state index is 13.6. The second-order valence-electron chi connectivity index (χ2n) is 4.86. The third-order valence-corrected chi connectivity index (χ3v) is 3.09. The molecular formula is C16H16F2N2O2. The van der Waals surface area contributed by atoms with Crippen molar-refractivity contribution < 1.29 is 18.7 Å². The molecule has 0 saturated carbocycles. The summed E-state index contributed by atoms with van der Waals surface area (Å²) in [6, 6.07) is 9.46. The van der Waals surface area contributed by atoms with Crippen molar-refractivity contribution in [2.75, 3.05) is 11.9 Å². The molecular weight excluding hydrogens is 290 g/mol. The molecule has 0 bridgehead atoms. The zero-order valence-electron chi connectivity index (χ0n) is 11.9. The average molecular weight is 306 g/mol. The van der Waals surface area contributed by atoms with Crippen LogP contribution in [0.4, 0.5) is 19.3 Å². The Kier molecular flexibility index (Phi) is 5.06. The van der Waals surface area contributed by atoms with Crippen LogP contribution in [0.1, 0.15) is 17.2 Å². The number of aryl methyl sites for hydroxylation is 1. The Morgan fingerprint density at radius 1 is 1.18 bits per heavy atom. The Bertz CT molecular complexity index is 677. The van der Waals surface area contributed by atoms with Crippen LogP contribution in [0.15, 0.2) is 42.5 Å². The molecule has 0 fully saturated rings. The van der Waals surface area contributed by atoms with Crippen molar-refractivity contribution >= 4 is 11.7 Å². The number of urea groups is 1. The van der Waals surface area contributed by atoms with Crippen molar-refractivity contribution in [3.8, 4) is 0 Å². The lowest BCUT2D eigenvalue weighted by molar-refractivity contribution is 0.170. The van der Waals surface area contributed by atoms with E-state index in [2.05, 4.69) is 10.6 Å². The van der Waals surface area contributed by atoms with Crippen LogP contribution in [0.3, 0.4) is 0 Å². The van der Waals surface area contributed by atoms with E-state index in [9.17, 15) is 18.7 Å². The summed E-state index contributed by atoms with van der Waals surface area (Å²) in [5.74, 6) is -1.11. The minimum absolute atomic E-state index is 0.0310. The molecule has 22 heavy (non-hydrogen) atoms. The summed E-state index contributed by atoms with van der Waals surface area (Å²) in [7, 11) is 0. The van der Waals surface area contributed by atoms with Gasteiger partial charge in [-0.15, -0.1) is 0 Å². The smallest absolute Gasteiger partial charge is 0.319 e. The number of carbonyl (C=O) groups is 1. The predicted molar refractivity (Wildman–Crippen MR) is 79.5 cm³/mol. The van der Waals surface area contributed by atoms with Crippen molar-refractivity contribution in [1.29, 1.82) is 0 Å². The summed E-state index contributed by atoms with van der Waals surface area (Å²) in [5, 5.41) is 14.5. The lowest BCUT2D eigenvalue weighted by Crippen LogP contribution is -2.32. The Balaban J connectivity index is 1.91. The van der Waals surface area contributed by atoms with Gasteiger partial charge in [0.25, 0.3) is 0 Å². The fourth-order valence-electron chi connectivity index (χ4n) is 1.93. The maximum atomic E-state index is 13.6. The van der Waals surface area contributed by atoms with Gasteiger partial charge in [0.15, 0.2) is 0 Å². The number of hydrogen-bond donors (Lipinski definition) is 3. The Labute approximate surface area is 126 Å². The molecule has 4 nitrogen and oxygen atoms in total. The first-order chi connectivity index (χ1) is 10.5. The highest BCUT2D eigenvalue weighted by molar-refractivity contribution is 5.89. The summed E-state index contributed by atoms with van der Waals surface area (Å²) in [6.07, 6.45) is -1.19. The van der Waals surface area contributed by atoms with Gasteiger partial charge in [-0.25, -0.2) is 13.6 Å². The highest BCUT2D eigenvalue weighted by Crippen LogP contribution is 2.17. The van der Waals surface area contributed by atoms with E-state index in [4.69, 9.17) is 0 Å². The standard InChI is InChI=1S/C16H16F2N2O2/c1-10-6-7-14(13(18)8-10)20-16(22)19-9-15(21)11-4-2-3-5-12(11)17/h2-8,15,21H,9H2,1H3,(H2,19,20,22)/t15-/m0/s1. The van der Waals surface area contributed by atoms with E-state index < -0.39 is 23.8 Å². The number of amides is 2. The molecule has 0 radical (unpaired) electrons. The first-order valence-electron chi connectivity index (χ1n) is 6.71. The largest absolute Gasteiger partial charge is 0.386 e. The van der Waals surface area contributed by atoms with Crippen molar-refractivity contribution in [2.45, 2.75) is 13.0 Å². The molecule has 6 heteroatoms. The SMILES string of the molecule is Cc1ccc(NC(=O)NC[C@H](O)c2ccccc2F)c(F)c1. The number of aliphatic hydroxyl groups is 1. The fourth-order valence-corrected chi connectivity index (χ4v) is 1.93. The number of halogens is 2. The number of benzene rings is 2. The molecule has 1 atom stereocenters. The highest BCUT2D eigenvalue weighted by atomic mass is 19.1. The van der Waals surface area contributed by atoms with Crippen LogP contribution in [0.25, 0.3) is 0 Å². The molecule has 0 saturated heterocycles. The lowest BCUT2D eigenvalue weighted by atomic mass is 10.1. The van der Waals surface area contributed by atoms with E-state index in [-0.39, 0.29) is 17.8 Å². The summed E-state index contributed by atoms with van der Waals surface area (Å²) < 4.78 is 27.1. The highest BCUT2D eigenvalue weighted by Gasteiger charge is 2.14. The average Bonchev–Trinajstić information content (AvgIpc) is 2.48. The van der Waals surface area contributed by atoms with Crippen molar-refractivity contribution in [1.82, 2.24) is 5.32 Å². The van der Waals surface area contributed by atoms with E-state index >= 15 is 0 Å².